The first kappa shape index (κ1) is 30.5. The van der Waals surface area contributed by atoms with E-state index in [-0.39, 0.29) is 28.1 Å². The molecule has 3 aromatic rings. The Bertz CT molecular complexity index is 1440. The number of benzene rings is 3. The summed E-state index contributed by atoms with van der Waals surface area (Å²) in [6, 6.07) is 18.8. The summed E-state index contributed by atoms with van der Waals surface area (Å²) in [6.45, 7) is 8.61. The van der Waals surface area contributed by atoms with Crippen LogP contribution in [0.3, 0.4) is 0 Å². The van der Waals surface area contributed by atoms with Gasteiger partial charge in [-0.1, -0.05) is 65.7 Å². The van der Waals surface area contributed by atoms with Crippen LogP contribution in [0.15, 0.2) is 77.7 Å². The molecule has 0 saturated carbocycles. The Morgan fingerprint density at radius 1 is 0.949 bits per heavy atom. The molecule has 0 saturated heterocycles. The van der Waals surface area contributed by atoms with Gasteiger partial charge in [0.15, 0.2) is 0 Å². The lowest BCUT2D eigenvalue weighted by Gasteiger charge is -2.34. The highest BCUT2D eigenvalue weighted by atomic mass is 35.5. The highest BCUT2D eigenvalue weighted by Crippen LogP contribution is 2.33. The van der Waals surface area contributed by atoms with Gasteiger partial charge in [-0.15, -0.1) is 0 Å². The summed E-state index contributed by atoms with van der Waals surface area (Å²) in [5.74, 6) is -0.924. The number of hydrogen-bond donors (Lipinski definition) is 1. The fourth-order valence-electron chi connectivity index (χ4n) is 3.94. The normalized spacial score (nSPS) is 12.5. The molecule has 3 aromatic carbocycles. The molecule has 0 aliphatic carbocycles. The van der Waals surface area contributed by atoms with Crippen LogP contribution in [0.2, 0.25) is 10.0 Å². The second kappa shape index (κ2) is 12.4. The maximum atomic E-state index is 14.0. The largest absolute Gasteiger partial charge is 0.350 e. The average Bonchev–Trinajstić information content (AvgIpc) is 2.86. The number of carbonyl (C=O) groups is 2. The summed E-state index contributed by atoms with van der Waals surface area (Å²) in [4.78, 5) is 28.5. The molecule has 39 heavy (non-hydrogen) atoms. The number of aryl methyl sites for hydroxylation is 1. The topological polar surface area (TPSA) is 86.8 Å². The van der Waals surface area contributed by atoms with Gasteiger partial charge in [0.05, 0.1) is 15.6 Å². The van der Waals surface area contributed by atoms with Crippen molar-refractivity contribution in [2.45, 2.75) is 57.6 Å². The highest BCUT2D eigenvalue weighted by Gasteiger charge is 2.34. The summed E-state index contributed by atoms with van der Waals surface area (Å²) in [5.41, 5.74) is 1.35. The molecular formula is C29H33Cl2N3O4S. The van der Waals surface area contributed by atoms with E-state index in [0.717, 1.165) is 15.4 Å². The third-order valence-corrected chi connectivity index (χ3v) is 8.37. The van der Waals surface area contributed by atoms with E-state index < -0.39 is 34.1 Å². The Kier molecular flexibility index (Phi) is 9.69. The molecule has 0 aromatic heterocycles. The lowest BCUT2D eigenvalue weighted by Crippen LogP contribution is -2.54. The molecule has 0 aliphatic rings. The number of nitrogens with zero attached hydrogens (tertiary/aromatic N) is 2. The van der Waals surface area contributed by atoms with Crippen LogP contribution in [-0.4, -0.2) is 43.3 Å². The Balaban J connectivity index is 2.07. The summed E-state index contributed by atoms with van der Waals surface area (Å²) in [5, 5.41) is 3.30. The summed E-state index contributed by atoms with van der Waals surface area (Å²) in [7, 11) is -4.22. The van der Waals surface area contributed by atoms with E-state index in [9.17, 15) is 18.0 Å². The van der Waals surface area contributed by atoms with Crippen molar-refractivity contribution in [3.8, 4) is 0 Å². The SMILES string of the molecule is Cc1ccccc1CN(C(=O)CN(c1ccc(Cl)cc1Cl)S(=O)(=O)c1ccccc1)C(C)C(=O)NC(C)(C)C. The zero-order valence-electron chi connectivity index (χ0n) is 22.6. The smallest absolute Gasteiger partial charge is 0.264 e. The molecule has 0 heterocycles. The fourth-order valence-corrected chi connectivity index (χ4v) is 5.96. The van der Waals surface area contributed by atoms with Crippen LogP contribution in [0.5, 0.6) is 0 Å². The molecule has 10 heteroatoms. The first-order valence-electron chi connectivity index (χ1n) is 12.4. The van der Waals surface area contributed by atoms with Crippen LogP contribution in [0, 0.1) is 6.92 Å². The number of carbonyl (C=O) groups excluding carboxylic acids is 2. The predicted octanol–water partition coefficient (Wildman–Crippen LogP) is 5.83. The molecule has 3 rings (SSSR count). The predicted molar refractivity (Wildman–Crippen MR) is 157 cm³/mol. The molecule has 0 bridgehead atoms. The molecular weight excluding hydrogens is 557 g/mol. The third-order valence-electron chi connectivity index (χ3n) is 6.06. The molecule has 7 nitrogen and oxygen atoms in total. The minimum absolute atomic E-state index is 0.00667. The van der Waals surface area contributed by atoms with Crippen molar-refractivity contribution in [3.05, 3.63) is 94.0 Å². The Hall–Kier alpha value is -3.07. The standard InChI is InChI=1S/C29H33Cl2N3O4S/c1-20-11-9-10-12-22(20)18-33(21(2)28(36)32-29(3,4)5)27(35)19-34(26-16-15-23(30)17-25(26)31)39(37,38)24-13-7-6-8-14-24/h6-17,21H,18-19H2,1-5H3,(H,32,36). The number of hydrogen-bond acceptors (Lipinski definition) is 4. The third kappa shape index (κ3) is 7.75. The Labute approximate surface area is 240 Å². The number of nitrogens with one attached hydrogen (secondary N) is 1. The van der Waals surface area contributed by atoms with E-state index in [2.05, 4.69) is 5.32 Å². The van der Waals surface area contributed by atoms with Crippen LogP contribution in [0.1, 0.15) is 38.8 Å². The summed E-state index contributed by atoms with van der Waals surface area (Å²) >= 11 is 12.5. The molecule has 1 unspecified atom stereocenters. The number of amides is 2. The van der Waals surface area contributed by atoms with E-state index in [1.54, 1.807) is 25.1 Å². The number of rotatable bonds is 9. The minimum atomic E-state index is -4.22. The molecule has 1 N–H and O–H groups in total. The van der Waals surface area contributed by atoms with Gasteiger partial charge in [0.2, 0.25) is 11.8 Å². The van der Waals surface area contributed by atoms with E-state index >= 15 is 0 Å². The fraction of sp³-hybridized carbons (Fsp3) is 0.310. The van der Waals surface area contributed by atoms with Crippen molar-refractivity contribution < 1.29 is 18.0 Å². The van der Waals surface area contributed by atoms with Crippen LogP contribution >= 0.6 is 23.2 Å². The van der Waals surface area contributed by atoms with Crippen LogP contribution in [-0.2, 0) is 26.2 Å². The van der Waals surface area contributed by atoms with Crippen molar-refractivity contribution in [2.75, 3.05) is 10.8 Å². The van der Waals surface area contributed by atoms with Gasteiger partial charge < -0.3 is 10.2 Å². The summed E-state index contributed by atoms with van der Waals surface area (Å²) < 4.78 is 28.6. The molecule has 1 atom stereocenters. The maximum Gasteiger partial charge on any atom is 0.264 e. The van der Waals surface area contributed by atoms with Crippen molar-refractivity contribution >= 4 is 50.7 Å². The molecule has 0 fully saturated rings. The molecule has 0 aliphatic heterocycles. The molecule has 208 valence electrons. The van der Waals surface area contributed by atoms with E-state index in [1.165, 1.54) is 35.2 Å². The monoisotopic (exact) mass is 589 g/mol. The number of sulfonamides is 1. The van der Waals surface area contributed by atoms with Gasteiger partial charge in [-0.3, -0.25) is 13.9 Å². The zero-order valence-corrected chi connectivity index (χ0v) is 24.9. The molecule has 0 radical (unpaired) electrons. The first-order chi connectivity index (χ1) is 18.2. The van der Waals surface area contributed by atoms with E-state index in [0.29, 0.717) is 5.02 Å². The van der Waals surface area contributed by atoms with Crippen molar-refractivity contribution in [3.63, 3.8) is 0 Å². The van der Waals surface area contributed by atoms with Gasteiger partial charge in [0.25, 0.3) is 10.0 Å². The van der Waals surface area contributed by atoms with Gasteiger partial charge in [0.1, 0.15) is 12.6 Å². The number of anilines is 1. The minimum Gasteiger partial charge on any atom is -0.350 e. The number of halogens is 2. The van der Waals surface area contributed by atoms with Gasteiger partial charge in [-0.25, -0.2) is 8.42 Å². The highest BCUT2D eigenvalue weighted by molar-refractivity contribution is 7.92. The maximum absolute atomic E-state index is 14.0. The van der Waals surface area contributed by atoms with Crippen molar-refractivity contribution in [1.82, 2.24) is 10.2 Å². The average molecular weight is 591 g/mol. The van der Waals surface area contributed by atoms with Crippen LogP contribution < -0.4 is 9.62 Å². The second-order valence-electron chi connectivity index (χ2n) is 10.3. The Morgan fingerprint density at radius 3 is 2.15 bits per heavy atom. The second-order valence-corrected chi connectivity index (χ2v) is 13.0. The van der Waals surface area contributed by atoms with Crippen LogP contribution in [0.4, 0.5) is 5.69 Å². The first-order valence-corrected chi connectivity index (χ1v) is 14.6. The van der Waals surface area contributed by atoms with Crippen molar-refractivity contribution in [1.29, 1.82) is 0 Å². The van der Waals surface area contributed by atoms with Crippen molar-refractivity contribution in [2.24, 2.45) is 0 Å². The zero-order chi connectivity index (χ0) is 29.0. The summed E-state index contributed by atoms with van der Waals surface area (Å²) in [6.07, 6.45) is 0. The lowest BCUT2D eigenvalue weighted by atomic mass is 10.1. The Morgan fingerprint density at radius 2 is 1.56 bits per heavy atom. The van der Waals surface area contributed by atoms with Gasteiger partial charge in [0, 0.05) is 17.1 Å². The van der Waals surface area contributed by atoms with Gasteiger partial charge >= 0.3 is 0 Å². The van der Waals surface area contributed by atoms with E-state index in [1.807, 2.05) is 52.0 Å². The van der Waals surface area contributed by atoms with Gasteiger partial charge in [-0.2, -0.15) is 0 Å². The van der Waals surface area contributed by atoms with E-state index in [4.69, 9.17) is 23.2 Å². The molecule has 2 amide bonds. The molecule has 0 spiro atoms. The quantitative estimate of drug-likeness (QED) is 0.340. The van der Waals surface area contributed by atoms with Crippen LogP contribution in [0.25, 0.3) is 0 Å². The van der Waals surface area contributed by atoms with Gasteiger partial charge in [-0.05, 0) is 76.1 Å². The lowest BCUT2D eigenvalue weighted by molar-refractivity contribution is -0.140.